The van der Waals surface area contributed by atoms with Gasteiger partial charge in [-0.05, 0) is 51.0 Å². The van der Waals surface area contributed by atoms with Crippen LogP contribution in [0.3, 0.4) is 0 Å². The zero-order valence-electron chi connectivity index (χ0n) is 13.0. The van der Waals surface area contributed by atoms with Crippen LogP contribution in [0.4, 0.5) is 0 Å². The Kier molecular flexibility index (Phi) is 5.03. The van der Waals surface area contributed by atoms with Gasteiger partial charge in [-0.15, -0.1) is 6.58 Å². The molecule has 22 heavy (non-hydrogen) atoms. The molecule has 0 radical (unpaired) electrons. The molecule has 1 heterocycles. The molecule has 2 aromatic rings. The Hall–Kier alpha value is -2.07. The molecule has 0 aliphatic rings. The fraction of sp³-hybridized carbons (Fsp3) is 0.294. The van der Waals surface area contributed by atoms with Gasteiger partial charge >= 0.3 is 0 Å². The van der Waals surface area contributed by atoms with Gasteiger partial charge in [0.15, 0.2) is 6.61 Å². The number of nitrogens with zero attached hydrogens (tertiary/aromatic N) is 2. The SMILES string of the molecule is C=CCc1c(C)nn(C(=O)COc2ccc(Cl)c(C)c2)c1C. The summed E-state index contributed by atoms with van der Waals surface area (Å²) in [6.45, 7) is 9.31. The molecule has 0 fully saturated rings. The number of halogens is 1. The first-order chi connectivity index (χ1) is 10.4. The van der Waals surface area contributed by atoms with Crippen LogP contribution in [0.1, 0.15) is 27.3 Å². The number of ether oxygens (including phenoxy) is 1. The molecular weight excluding hydrogens is 300 g/mol. The van der Waals surface area contributed by atoms with Gasteiger partial charge in [-0.3, -0.25) is 4.79 Å². The van der Waals surface area contributed by atoms with Gasteiger partial charge in [0.1, 0.15) is 5.75 Å². The van der Waals surface area contributed by atoms with E-state index in [1.807, 2.05) is 20.8 Å². The third-order valence-electron chi connectivity index (χ3n) is 3.52. The van der Waals surface area contributed by atoms with E-state index in [0.717, 1.165) is 22.5 Å². The van der Waals surface area contributed by atoms with E-state index in [1.54, 1.807) is 24.3 Å². The van der Waals surface area contributed by atoms with Crippen LogP contribution < -0.4 is 4.74 Å². The Morgan fingerprint density at radius 1 is 1.41 bits per heavy atom. The van der Waals surface area contributed by atoms with Crippen molar-refractivity contribution < 1.29 is 9.53 Å². The van der Waals surface area contributed by atoms with Crippen molar-refractivity contribution in [2.24, 2.45) is 0 Å². The van der Waals surface area contributed by atoms with Gasteiger partial charge in [0, 0.05) is 16.3 Å². The number of rotatable bonds is 5. The predicted octanol–water partition coefficient (Wildman–Crippen LogP) is 3.91. The van der Waals surface area contributed by atoms with E-state index in [4.69, 9.17) is 16.3 Å². The fourth-order valence-electron chi connectivity index (χ4n) is 2.27. The van der Waals surface area contributed by atoms with Crippen molar-refractivity contribution in [1.82, 2.24) is 9.78 Å². The quantitative estimate of drug-likeness (QED) is 0.785. The highest BCUT2D eigenvalue weighted by Gasteiger charge is 2.16. The molecule has 0 aliphatic heterocycles. The van der Waals surface area contributed by atoms with Gasteiger partial charge in [0.05, 0.1) is 5.69 Å². The summed E-state index contributed by atoms with van der Waals surface area (Å²) in [6.07, 6.45) is 2.50. The number of hydrogen-bond donors (Lipinski definition) is 0. The van der Waals surface area contributed by atoms with Crippen molar-refractivity contribution in [2.75, 3.05) is 6.61 Å². The Morgan fingerprint density at radius 2 is 2.14 bits per heavy atom. The molecule has 0 spiro atoms. The standard InChI is InChI=1S/C17H19ClN2O2/c1-5-6-15-12(3)19-20(13(15)4)17(21)10-22-14-7-8-16(18)11(2)9-14/h5,7-9H,1,6,10H2,2-4H3. The average molecular weight is 319 g/mol. The number of aryl methyl sites for hydroxylation is 2. The Bertz CT molecular complexity index is 720. The van der Waals surface area contributed by atoms with Crippen LogP contribution in [-0.2, 0) is 6.42 Å². The first-order valence-electron chi connectivity index (χ1n) is 7.02. The number of allylic oxidation sites excluding steroid dienone is 1. The van der Waals surface area contributed by atoms with Crippen molar-refractivity contribution >= 4 is 17.5 Å². The van der Waals surface area contributed by atoms with Crippen LogP contribution in [-0.4, -0.2) is 22.3 Å². The van der Waals surface area contributed by atoms with Gasteiger partial charge in [0.2, 0.25) is 0 Å². The summed E-state index contributed by atoms with van der Waals surface area (Å²) >= 11 is 5.97. The van der Waals surface area contributed by atoms with Crippen molar-refractivity contribution in [3.05, 3.63) is 58.4 Å². The largest absolute Gasteiger partial charge is 0.484 e. The van der Waals surface area contributed by atoms with Gasteiger partial charge in [-0.2, -0.15) is 5.10 Å². The van der Waals surface area contributed by atoms with Crippen molar-refractivity contribution in [3.63, 3.8) is 0 Å². The maximum absolute atomic E-state index is 12.3. The zero-order chi connectivity index (χ0) is 16.3. The van der Waals surface area contributed by atoms with Gasteiger partial charge in [-0.25, -0.2) is 4.68 Å². The summed E-state index contributed by atoms with van der Waals surface area (Å²) in [5, 5.41) is 4.96. The van der Waals surface area contributed by atoms with Gasteiger partial charge in [0.25, 0.3) is 5.91 Å². The number of benzene rings is 1. The molecule has 5 heteroatoms. The predicted molar refractivity (Wildman–Crippen MR) is 87.9 cm³/mol. The van der Waals surface area contributed by atoms with E-state index in [-0.39, 0.29) is 12.5 Å². The Balaban J connectivity index is 2.11. The third kappa shape index (κ3) is 3.39. The topological polar surface area (TPSA) is 44.1 Å². The molecule has 0 saturated heterocycles. The van der Waals surface area contributed by atoms with E-state index in [0.29, 0.717) is 17.2 Å². The summed E-state index contributed by atoms with van der Waals surface area (Å²) in [6, 6.07) is 5.30. The van der Waals surface area contributed by atoms with Crippen LogP contribution in [0.2, 0.25) is 5.02 Å². The zero-order valence-corrected chi connectivity index (χ0v) is 13.8. The summed E-state index contributed by atoms with van der Waals surface area (Å²) < 4.78 is 6.93. The summed E-state index contributed by atoms with van der Waals surface area (Å²) in [5.74, 6) is 0.409. The molecule has 0 unspecified atom stereocenters. The maximum atomic E-state index is 12.3. The number of carbonyl (C=O) groups is 1. The first kappa shape index (κ1) is 16.3. The number of hydrogen-bond acceptors (Lipinski definition) is 3. The molecule has 2 rings (SSSR count). The summed E-state index contributed by atoms with van der Waals surface area (Å²) in [4.78, 5) is 12.3. The summed E-state index contributed by atoms with van der Waals surface area (Å²) in [7, 11) is 0. The molecule has 116 valence electrons. The van der Waals surface area contributed by atoms with Crippen LogP contribution in [0.15, 0.2) is 30.9 Å². The minimum atomic E-state index is -0.205. The molecule has 0 N–H and O–H groups in total. The van der Waals surface area contributed by atoms with E-state index >= 15 is 0 Å². The average Bonchev–Trinajstić information content (AvgIpc) is 2.77. The second kappa shape index (κ2) is 6.79. The normalized spacial score (nSPS) is 10.5. The molecule has 4 nitrogen and oxygen atoms in total. The van der Waals surface area contributed by atoms with Crippen LogP contribution in [0.25, 0.3) is 0 Å². The lowest BCUT2D eigenvalue weighted by atomic mass is 10.1. The Labute approximate surface area is 135 Å². The molecule has 0 aliphatic carbocycles. The monoisotopic (exact) mass is 318 g/mol. The molecule has 1 aromatic heterocycles. The minimum Gasteiger partial charge on any atom is -0.484 e. The van der Waals surface area contributed by atoms with Gasteiger partial charge in [-0.1, -0.05) is 17.7 Å². The van der Waals surface area contributed by atoms with Crippen LogP contribution in [0.5, 0.6) is 5.75 Å². The van der Waals surface area contributed by atoms with Crippen molar-refractivity contribution in [3.8, 4) is 5.75 Å². The van der Waals surface area contributed by atoms with Crippen LogP contribution >= 0.6 is 11.6 Å². The molecule has 0 amide bonds. The molecule has 0 atom stereocenters. The summed E-state index contributed by atoms with van der Waals surface area (Å²) in [5.41, 5.74) is 3.61. The first-order valence-corrected chi connectivity index (χ1v) is 7.40. The molecular formula is C17H19ClN2O2. The smallest absolute Gasteiger partial charge is 0.284 e. The Morgan fingerprint density at radius 3 is 2.77 bits per heavy atom. The lowest BCUT2D eigenvalue weighted by Gasteiger charge is -2.08. The van der Waals surface area contributed by atoms with E-state index in [1.165, 1.54) is 4.68 Å². The second-order valence-corrected chi connectivity index (χ2v) is 5.55. The number of carbonyl (C=O) groups excluding carboxylic acids is 1. The molecule has 0 bridgehead atoms. The van der Waals surface area contributed by atoms with Crippen molar-refractivity contribution in [1.29, 1.82) is 0 Å². The maximum Gasteiger partial charge on any atom is 0.284 e. The van der Waals surface area contributed by atoms with E-state index < -0.39 is 0 Å². The minimum absolute atomic E-state index is 0.0729. The van der Waals surface area contributed by atoms with Gasteiger partial charge < -0.3 is 4.74 Å². The number of aromatic nitrogens is 2. The van der Waals surface area contributed by atoms with Crippen LogP contribution in [0, 0.1) is 20.8 Å². The molecule has 0 saturated carbocycles. The third-order valence-corrected chi connectivity index (χ3v) is 3.94. The molecule has 1 aromatic carbocycles. The van der Waals surface area contributed by atoms with E-state index in [9.17, 15) is 4.79 Å². The lowest BCUT2D eigenvalue weighted by Crippen LogP contribution is -2.21. The van der Waals surface area contributed by atoms with E-state index in [2.05, 4.69) is 11.7 Å². The fourth-order valence-corrected chi connectivity index (χ4v) is 2.39. The second-order valence-electron chi connectivity index (χ2n) is 5.15. The lowest BCUT2D eigenvalue weighted by molar-refractivity contribution is 0.0818. The van der Waals surface area contributed by atoms with Crippen molar-refractivity contribution in [2.45, 2.75) is 27.2 Å². The highest BCUT2D eigenvalue weighted by atomic mass is 35.5. The highest BCUT2D eigenvalue weighted by Crippen LogP contribution is 2.21. The highest BCUT2D eigenvalue weighted by molar-refractivity contribution is 6.31.